The number of carbonyl (C=O) groups is 2. The van der Waals surface area contributed by atoms with Crippen molar-refractivity contribution in [2.24, 2.45) is 11.5 Å². The van der Waals surface area contributed by atoms with Gasteiger partial charge in [-0.25, -0.2) is 0 Å². The molecule has 1 atom stereocenters. The topological polar surface area (TPSA) is 111 Å². The third kappa shape index (κ3) is 4.05. The van der Waals surface area contributed by atoms with E-state index in [-0.39, 0.29) is 12.3 Å². The van der Waals surface area contributed by atoms with Crippen molar-refractivity contribution in [2.75, 3.05) is 0 Å². The Balaban J connectivity index is 2.33. The number of amides is 2. The maximum atomic E-state index is 11.3. The highest BCUT2D eigenvalue weighted by molar-refractivity contribution is 5.86. The smallest absolute Gasteiger partial charge is 0.234 e. The summed E-state index contributed by atoms with van der Waals surface area (Å²) < 4.78 is 0. The highest BCUT2D eigenvalue weighted by Crippen LogP contribution is 1.93. The molecule has 86 valence electrons. The van der Waals surface area contributed by atoms with E-state index in [0.29, 0.717) is 6.54 Å². The number of aromatic nitrogens is 1. The SMILES string of the molecule is NC(=O)C(N)CC(=O)NCc1ccccn1. The van der Waals surface area contributed by atoms with Crippen LogP contribution in [0.5, 0.6) is 0 Å². The molecule has 0 spiro atoms. The van der Waals surface area contributed by atoms with Crippen LogP contribution in [0.15, 0.2) is 24.4 Å². The van der Waals surface area contributed by atoms with Crippen LogP contribution in [0, 0.1) is 0 Å². The molecule has 6 heteroatoms. The van der Waals surface area contributed by atoms with Gasteiger partial charge in [0.2, 0.25) is 11.8 Å². The molecule has 0 bridgehead atoms. The molecule has 0 saturated heterocycles. The summed E-state index contributed by atoms with van der Waals surface area (Å²) in [5.74, 6) is -1.01. The van der Waals surface area contributed by atoms with Gasteiger partial charge in [-0.15, -0.1) is 0 Å². The Kier molecular flexibility index (Phi) is 4.41. The molecule has 6 nitrogen and oxygen atoms in total. The average molecular weight is 222 g/mol. The fourth-order valence-corrected chi connectivity index (χ4v) is 1.06. The second kappa shape index (κ2) is 5.82. The van der Waals surface area contributed by atoms with Crippen LogP contribution in [-0.4, -0.2) is 22.8 Å². The predicted molar refractivity (Wildman–Crippen MR) is 57.9 cm³/mol. The number of nitrogens with zero attached hydrogens (tertiary/aromatic N) is 1. The van der Waals surface area contributed by atoms with E-state index in [0.717, 1.165) is 5.69 Å². The first-order valence-corrected chi connectivity index (χ1v) is 4.81. The van der Waals surface area contributed by atoms with Crippen LogP contribution in [0.2, 0.25) is 0 Å². The van der Waals surface area contributed by atoms with Gasteiger partial charge in [0.15, 0.2) is 0 Å². The molecule has 0 aliphatic rings. The molecule has 1 heterocycles. The van der Waals surface area contributed by atoms with Gasteiger partial charge in [-0.2, -0.15) is 0 Å². The van der Waals surface area contributed by atoms with Crippen molar-refractivity contribution < 1.29 is 9.59 Å². The number of pyridine rings is 1. The summed E-state index contributed by atoms with van der Waals surface area (Å²) in [6, 6.07) is 4.45. The average Bonchev–Trinajstić information content (AvgIpc) is 2.27. The summed E-state index contributed by atoms with van der Waals surface area (Å²) in [6.45, 7) is 0.311. The van der Waals surface area contributed by atoms with Crippen LogP contribution >= 0.6 is 0 Å². The monoisotopic (exact) mass is 222 g/mol. The van der Waals surface area contributed by atoms with E-state index in [1.165, 1.54) is 0 Å². The molecule has 1 unspecified atom stereocenters. The first kappa shape index (κ1) is 12.1. The summed E-state index contributed by atoms with van der Waals surface area (Å²) in [5.41, 5.74) is 11.0. The van der Waals surface area contributed by atoms with Gasteiger partial charge in [-0.1, -0.05) is 6.07 Å². The van der Waals surface area contributed by atoms with Crippen molar-refractivity contribution in [2.45, 2.75) is 19.0 Å². The lowest BCUT2D eigenvalue weighted by Crippen LogP contribution is -2.40. The van der Waals surface area contributed by atoms with E-state index < -0.39 is 11.9 Å². The van der Waals surface area contributed by atoms with Gasteiger partial charge in [0, 0.05) is 6.20 Å². The van der Waals surface area contributed by atoms with Crippen LogP contribution < -0.4 is 16.8 Å². The molecule has 0 aliphatic heterocycles. The zero-order valence-corrected chi connectivity index (χ0v) is 8.72. The molecule has 16 heavy (non-hydrogen) atoms. The quantitative estimate of drug-likeness (QED) is 0.587. The Morgan fingerprint density at radius 1 is 1.44 bits per heavy atom. The molecule has 1 aromatic heterocycles. The third-order valence-corrected chi connectivity index (χ3v) is 1.96. The number of hydrogen-bond donors (Lipinski definition) is 3. The van der Waals surface area contributed by atoms with Gasteiger partial charge in [0.25, 0.3) is 0 Å². The van der Waals surface area contributed by atoms with Crippen LogP contribution in [0.1, 0.15) is 12.1 Å². The highest BCUT2D eigenvalue weighted by Gasteiger charge is 2.13. The van der Waals surface area contributed by atoms with Crippen molar-refractivity contribution in [3.05, 3.63) is 30.1 Å². The third-order valence-electron chi connectivity index (χ3n) is 1.96. The molecule has 0 aromatic carbocycles. The Bertz CT molecular complexity index is 366. The Morgan fingerprint density at radius 2 is 2.19 bits per heavy atom. The maximum absolute atomic E-state index is 11.3. The number of nitrogens with one attached hydrogen (secondary N) is 1. The van der Waals surface area contributed by atoms with Crippen LogP contribution in [0.4, 0.5) is 0 Å². The standard InChI is InChI=1S/C10H14N4O2/c11-8(10(12)16)5-9(15)14-6-7-3-1-2-4-13-7/h1-4,8H,5-6,11H2,(H2,12,16)(H,14,15). The number of carbonyl (C=O) groups excluding carboxylic acids is 2. The minimum atomic E-state index is -0.941. The van der Waals surface area contributed by atoms with E-state index in [2.05, 4.69) is 10.3 Å². The second-order valence-electron chi connectivity index (χ2n) is 3.31. The van der Waals surface area contributed by atoms with Gasteiger partial charge in [0.1, 0.15) is 0 Å². The molecule has 1 rings (SSSR count). The fraction of sp³-hybridized carbons (Fsp3) is 0.300. The first-order chi connectivity index (χ1) is 7.59. The molecular formula is C10H14N4O2. The van der Waals surface area contributed by atoms with Gasteiger partial charge in [-0.3, -0.25) is 14.6 Å². The van der Waals surface area contributed by atoms with Crippen LogP contribution in [-0.2, 0) is 16.1 Å². The van der Waals surface area contributed by atoms with E-state index in [1.54, 1.807) is 18.3 Å². The molecular weight excluding hydrogens is 208 g/mol. The van der Waals surface area contributed by atoms with Gasteiger partial charge in [0.05, 0.1) is 24.7 Å². The lowest BCUT2D eigenvalue weighted by molar-refractivity contribution is -0.126. The molecule has 5 N–H and O–H groups in total. The zero-order chi connectivity index (χ0) is 12.0. The van der Waals surface area contributed by atoms with Crippen molar-refractivity contribution in [1.82, 2.24) is 10.3 Å². The molecule has 2 amide bonds. The minimum Gasteiger partial charge on any atom is -0.368 e. The van der Waals surface area contributed by atoms with Gasteiger partial charge >= 0.3 is 0 Å². The molecule has 0 aliphatic carbocycles. The lowest BCUT2D eigenvalue weighted by Gasteiger charge is -2.07. The molecule has 0 saturated carbocycles. The summed E-state index contributed by atoms with van der Waals surface area (Å²) in [6.07, 6.45) is 1.53. The van der Waals surface area contributed by atoms with E-state index in [9.17, 15) is 9.59 Å². The molecule has 0 fully saturated rings. The van der Waals surface area contributed by atoms with Crippen LogP contribution in [0.25, 0.3) is 0 Å². The first-order valence-electron chi connectivity index (χ1n) is 4.81. The molecule has 0 radical (unpaired) electrons. The van der Waals surface area contributed by atoms with Crippen LogP contribution in [0.3, 0.4) is 0 Å². The Labute approximate surface area is 93.0 Å². The normalized spacial score (nSPS) is 11.8. The van der Waals surface area contributed by atoms with Crippen molar-refractivity contribution in [1.29, 1.82) is 0 Å². The summed E-state index contributed by atoms with van der Waals surface area (Å²) in [5, 5.41) is 2.60. The maximum Gasteiger partial charge on any atom is 0.234 e. The van der Waals surface area contributed by atoms with E-state index in [4.69, 9.17) is 11.5 Å². The number of hydrogen-bond acceptors (Lipinski definition) is 4. The number of primary amides is 1. The predicted octanol–water partition coefficient (Wildman–Crippen LogP) is -1.10. The van der Waals surface area contributed by atoms with E-state index >= 15 is 0 Å². The second-order valence-corrected chi connectivity index (χ2v) is 3.31. The Morgan fingerprint density at radius 3 is 2.75 bits per heavy atom. The van der Waals surface area contributed by atoms with E-state index in [1.807, 2.05) is 6.07 Å². The molecule has 1 aromatic rings. The number of rotatable bonds is 5. The highest BCUT2D eigenvalue weighted by atomic mass is 16.2. The zero-order valence-electron chi connectivity index (χ0n) is 8.72. The largest absolute Gasteiger partial charge is 0.368 e. The minimum absolute atomic E-state index is 0.109. The van der Waals surface area contributed by atoms with Gasteiger partial charge < -0.3 is 16.8 Å². The fourth-order valence-electron chi connectivity index (χ4n) is 1.06. The van der Waals surface area contributed by atoms with Crippen molar-refractivity contribution in [3.8, 4) is 0 Å². The summed E-state index contributed by atoms with van der Waals surface area (Å²) in [7, 11) is 0. The van der Waals surface area contributed by atoms with Crippen molar-refractivity contribution >= 4 is 11.8 Å². The van der Waals surface area contributed by atoms with Gasteiger partial charge in [-0.05, 0) is 12.1 Å². The summed E-state index contributed by atoms with van der Waals surface area (Å²) >= 11 is 0. The number of nitrogens with two attached hydrogens (primary N) is 2. The lowest BCUT2D eigenvalue weighted by atomic mass is 10.2. The summed E-state index contributed by atoms with van der Waals surface area (Å²) in [4.78, 5) is 25.9. The Hall–Kier alpha value is -1.95. The van der Waals surface area contributed by atoms with Crippen molar-refractivity contribution in [3.63, 3.8) is 0 Å².